The fourth-order valence-electron chi connectivity index (χ4n) is 2.46. The topological polar surface area (TPSA) is 29.5 Å². The minimum Gasteiger partial charge on any atom is -0.497 e. The molecule has 1 aliphatic heterocycles. The van der Waals surface area contributed by atoms with E-state index in [1.54, 1.807) is 18.9 Å². The summed E-state index contributed by atoms with van der Waals surface area (Å²) < 4.78 is 6.22. The smallest absolute Gasteiger partial charge is 0.234 e. The van der Waals surface area contributed by atoms with E-state index in [1.165, 1.54) is 0 Å². The molecule has 1 amide bonds. The minimum atomic E-state index is 0.0858. The Morgan fingerprint density at radius 1 is 1.18 bits per heavy atom. The summed E-state index contributed by atoms with van der Waals surface area (Å²) in [6.45, 7) is 0.622. The van der Waals surface area contributed by atoms with Crippen molar-refractivity contribution in [3.63, 3.8) is 0 Å². The number of hydrogen-bond donors (Lipinski definition) is 0. The molecule has 0 spiro atoms. The molecule has 1 heterocycles. The third kappa shape index (κ3) is 3.31. The molecule has 5 heteroatoms. The highest BCUT2D eigenvalue weighted by Gasteiger charge is 2.32. The van der Waals surface area contributed by atoms with E-state index >= 15 is 0 Å². The number of amides is 1. The highest BCUT2D eigenvalue weighted by Crippen LogP contribution is 2.39. The first-order valence-electron chi connectivity index (χ1n) is 6.97. The molecule has 1 aliphatic rings. The van der Waals surface area contributed by atoms with Gasteiger partial charge in [-0.15, -0.1) is 11.8 Å². The molecule has 2 aromatic carbocycles. The summed E-state index contributed by atoms with van der Waals surface area (Å²) in [5.74, 6) is 1.56. The van der Waals surface area contributed by atoms with Gasteiger partial charge in [-0.25, -0.2) is 0 Å². The van der Waals surface area contributed by atoms with Crippen LogP contribution in [0.5, 0.6) is 5.75 Å². The van der Waals surface area contributed by atoms with E-state index in [1.807, 2.05) is 41.3 Å². The van der Waals surface area contributed by atoms with E-state index in [9.17, 15) is 4.79 Å². The monoisotopic (exact) mass is 377 g/mol. The zero-order chi connectivity index (χ0) is 15.5. The molecule has 1 atom stereocenters. The average Bonchev–Trinajstić information content (AvgIpc) is 2.90. The molecule has 0 bridgehead atoms. The lowest BCUT2D eigenvalue weighted by Gasteiger charge is -2.24. The van der Waals surface area contributed by atoms with Gasteiger partial charge in [0, 0.05) is 11.0 Å². The number of benzene rings is 2. The van der Waals surface area contributed by atoms with Crippen LogP contribution in [0.15, 0.2) is 53.0 Å². The van der Waals surface area contributed by atoms with Gasteiger partial charge >= 0.3 is 0 Å². The average molecular weight is 378 g/mol. The summed E-state index contributed by atoms with van der Waals surface area (Å²) in [7, 11) is 1.65. The van der Waals surface area contributed by atoms with Gasteiger partial charge < -0.3 is 9.64 Å². The summed E-state index contributed by atoms with van der Waals surface area (Å²) >= 11 is 5.13. The fraction of sp³-hybridized carbons (Fsp3) is 0.235. The lowest BCUT2D eigenvalue weighted by atomic mass is 10.1. The van der Waals surface area contributed by atoms with E-state index in [4.69, 9.17) is 4.74 Å². The zero-order valence-electron chi connectivity index (χ0n) is 12.2. The SMILES string of the molecule is COc1ccc(CN2C(=O)CS[C@H]2c2ccc(Br)cc2)cc1. The van der Waals surface area contributed by atoms with Crippen molar-refractivity contribution in [1.82, 2.24) is 4.90 Å². The third-order valence-electron chi connectivity index (χ3n) is 3.64. The first-order chi connectivity index (χ1) is 10.7. The van der Waals surface area contributed by atoms with Crippen LogP contribution >= 0.6 is 27.7 Å². The molecule has 0 N–H and O–H groups in total. The first-order valence-corrected chi connectivity index (χ1v) is 8.81. The second kappa shape index (κ2) is 6.75. The van der Waals surface area contributed by atoms with Crippen molar-refractivity contribution < 1.29 is 9.53 Å². The number of rotatable bonds is 4. The number of thioether (sulfide) groups is 1. The predicted octanol–water partition coefficient (Wildman–Crippen LogP) is 4.23. The molecule has 0 aromatic heterocycles. The Morgan fingerprint density at radius 2 is 1.86 bits per heavy atom. The third-order valence-corrected chi connectivity index (χ3v) is 5.42. The first kappa shape index (κ1) is 15.4. The van der Waals surface area contributed by atoms with E-state index in [0.29, 0.717) is 12.3 Å². The molecule has 3 rings (SSSR count). The maximum absolute atomic E-state index is 12.2. The van der Waals surface area contributed by atoms with Crippen LogP contribution in [0.3, 0.4) is 0 Å². The van der Waals surface area contributed by atoms with E-state index in [2.05, 4.69) is 28.1 Å². The minimum absolute atomic E-state index is 0.0858. The van der Waals surface area contributed by atoms with Crippen molar-refractivity contribution in [3.05, 3.63) is 64.1 Å². The molecular formula is C17H16BrNO2S. The van der Waals surface area contributed by atoms with Gasteiger partial charge in [0.25, 0.3) is 0 Å². The maximum atomic E-state index is 12.2. The Morgan fingerprint density at radius 3 is 2.50 bits per heavy atom. The fourth-order valence-corrected chi connectivity index (χ4v) is 3.91. The summed E-state index contributed by atoms with van der Waals surface area (Å²) in [6.07, 6.45) is 0. The summed E-state index contributed by atoms with van der Waals surface area (Å²) in [6, 6.07) is 16.0. The van der Waals surface area contributed by atoms with Crippen molar-refractivity contribution in [2.45, 2.75) is 11.9 Å². The molecule has 114 valence electrons. The second-order valence-corrected chi connectivity index (χ2v) is 7.07. The lowest BCUT2D eigenvalue weighted by molar-refractivity contribution is -0.128. The Balaban J connectivity index is 1.79. The number of carbonyl (C=O) groups excluding carboxylic acids is 1. The quantitative estimate of drug-likeness (QED) is 0.798. The highest BCUT2D eigenvalue weighted by atomic mass is 79.9. The Hall–Kier alpha value is -1.46. The van der Waals surface area contributed by atoms with Gasteiger partial charge in [0.1, 0.15) is 11.1 Å². The van der Waals surface area contributed by atoms with Gasteiger partial charge in [-0.3, -0.25) is 4.79 Å². The Kier molecular flexibility index (Phi) is 4.74. The number of halogens is 1. The lowest BCUT2D eigenvalue weighted by Crippen LogP contribution is -2.27. The van der Waals surface area contributed by atoms with E-state index in [0.717, 1.165) is 21.3 Å². The van der Waals surface area contributed by atoms with Crippen LogP contribution in [0.4, 0.5) is 0 Å². The normalized spacial score (nSPS) is 17.8. The van der Waals surface area contributed by atoms with Crippen LogP contribution in [0.25, 0.3) is 0 Å². The number of methoxy groups -OCH3 is 1. The highest BCUT2D eigenvalue weighted by molar-refractivity contribution is 9.10. The van der Waals surface area contributed by atoms with Crippen molar-refractivity contribution in [2.75, 3.05) is 12.9 Å². The molecule has 22 heavy (non-hydrogen) atoms. The van der Waals surface area contributed by atoms with Gasteiger partial charge in [-0.1, -0.05) is 40.2 Å². The summed E-state index contributed by atoms with van der Waals surface area (Å²) in [5.41, 5.74) is 2.27. The van der Waals surface area contributed by atoms with Crippen LogP contribution in [0.1, 0.15) is 16.5 Å². The molecule has 0 radical (unpaired) electrons. The number of carbonyl (C=O) groups is 1. The van der Waals surface area contributed by atoms with Crippen LogP contribution in [-0.2, 0) is 11.3 Å². The Bertz CT molecular complexity index is 657. The Labute approximate surface area is 142 Å². The number of ether oxygens (including phenoxy) is 1. The predicted molar refractivity (Wildman–Crippen MR) is 92.9 cm³/mol. The molecule has 0 saturated carbocycles. The van der Waals surface area contributed by atoms with Gasteiger partial charge in [0.05, 0.1) is 12.9 Å². The van der Waals surface area contributed by atoms with Crippen molar-refractivity contribution >= 4 is 33.6 Å². The molecular weight excluding hydrogens is 362 g/mol. The van der Waals surface area contributed by atoms with E-state index < -0.39 is 0 Å². The van der Waals surface area contributed by atoms with E-state index in [-0.39, 0.29) is 11.3 Å². The van der Waals surface area contributed by atoms with Crippen molar-refractivity contribution in [1.29, 1.82) is 0 Å². The van der Waals surface area contributed by atoms with Gasteiger partial charge in [0.15, 0.2) is 0 Å². The number of nitrogens with zero attached hydrogens (tertiary/aromatic N) is 1. The standard InChI is InChI=1S/C17H16BrNO2S/c1-21-15-8-2-12(3-9-15)10-19-16(20)11-22-17(19)13-4-6-14(18)7-5-13/h2-9,17H,10-11H2,1H3/t17-/m0/s1. The zero-order valence-corrected chi connectivity index (χ0v) is 14.6. The van der Waals surface area contributed by atoms with Gasteiger partial charge in [-0.05, 0) is 35.4 Å². The summed E-state index contributed by atoms with van der Waals surface area (Å²) in [4.78, 5) is 14.2. The molecule has 1 saturated heterocycles. The van der Waals surface area contributed by atoms with Gasteiger partial charge in [0.2, 0.25) is 5.91 Å². The van der Waals surface area contributed by atoms with Crippen molar-refractivity contribution in [2.24, 2.45) is 0 Å². The molecule has 2 aromatic rings. The van der Waals surface area contributed by atoms with Crippen LogP contribution in [0.2, 0.25) is 0 Å². The van der Waals surface area contributed by atoms with Crippen LogP contribution in [-0.4, -0.2) is 23.7 Å². The summed E-state index contributed by atoms with van der Waals surface area (Å²) in [5, 5.41) is 0.0858. The van der Waals surface area contributed by atoms with Crippen molar-refractivity contribution in [3.8, 4) is 5.75 Å². The molecule has 1 fully saturated rings. The van der Waals surface area contributed by atoms with Crippen LogP contribution < -0.4 is 4.74 Å². The molecule has 3 nitrogen and oxygen atoms in total. The van der Waals surface area contributed by atoms with Gasteiger partial charge in [-0.2, -0.15) is 0 Å². The molecule has 0 unspecified atom stereocenters. The maximum Gasteiger partial charge on any atom is 0.234 e. The largest absolute Gasteiger partial charge is 0.497 e. The number of hydrogen-bond acceptors (Lipinski definition) is 3. The molecule has 0 aliphatic carbocycles. The van der Waals surface area contributed by atoms with Crippen LogP contribution in [0, 0.1) is 0 Å². The second-order valence-electron chi connectivity index (χ2n) is 5.08.